The minimum absolute atomic E-state index is 0.0250. The van der Waals surface area contributed by atoms with E-state index in [1.54, 1.807) is 13.8 Å². The number of nitrogens with zero attached hydrogens (tertiary/aromatic N) is 1. The van der Waals surface area contributed by atoms with Gasteiger partial charge in [0, 0.05) is 6.54 Å². The molecule has 0 aliphatic carbocycles. The maximum absolute atomic E-state index is 14.3. The summed E-state index contributed by atoms with van der Waals surface area (Å²) in [5.41, 5.74) is -0.714. The Bertz CT molecular complexity index is 647. The Morgan fingerprint density at radius 3 is 2.77 bits per heavy atom. The minimum atomic E-state index is -4.12. The first-order chi connectivity index (χ1) is 10.2. The molecule has 22 heavy (non-hydrogen) atoms. The van der Waals surface area contributed by atoms with E-state index in [0.29, 0.717) is 0 Å². The molecule has 1 atom stereocenters. The molecule has 124 valence electrons. The van der Waals surface area contributed by atoms with Crippen LogP contribution in [0.1, 0.15) is 13.8 Å². The molecule has 0 amide bonds. The molecular formula is C14H20FNO5S. The van der Waals surface area contributed by atoms with Crippen LogP contribution in [0, 0.1) is 5.82 Å². The second kappa shape index (κ2) is 6.11. The summed E-state index contributed by atoms with van der Waals surface area (Å²) in [6.07, 6.45) is 0. The average molecular weight is 333 g/mol. The quantitative estimate of drug-likeness (QED) is 0.889. The highest BCUT2D eigenvalue weighted by Gasteiger charge is 2.42. The molecule has 1 aliphatic heterocycles. The summed E-state index contributed by atoms with van der Waals surface area (Å²) in [6.45, 7) is 3.16. The second-order valence-corrected chi connectivity index (χ2v) is 7.59. The largest absolute Gasteiger partial charge is 0.494 e. The van der Waals surface area contributed by atoms with Crippen LogP contribution >= 0.6 is 0 Å². The molecule has 0 spiro atoms. The number of ether oxygens (including phenoxy) is 2. The number of morpholine rings is 1. The summed E-state index contributed by atoms with van der Waals surface area (Å²) in [4.78, 5) is -0.469. The van der Waals surface area contributed by atoms with Crippen molar-refractivity contribution >= 4 is 10.0 Å². The summed E-state index contributed by atoms with van der Waals surface area (Å²) in [6, 6.07) is 3.20. The predicted octanol–water partition coefficient (Wildman–Crippen LogP) is 0.995. The van der Waals surface area contributed by atoms with Gasteiger partial charge in [0.05, 0.1) is 32.0 Å². The van der Waals surface area contributed by atoms with Crippen LogP contribution in [0.5, 0.6) is 5.75 Å². The first kappa shape index (κ1) is 17.1. The molecular weight excluding hydrogens is 313 g/mol. The Labute approximate surface area is 129 Å². The Kier molecular flexibility index (Phi) is 4.76. The average Bonchev–Trinajstić information content (AvgIpc) is 2.46. The van der Waals surface area contributed by atoms with Crippen molar-refractivity contribution in [1.29, 1.82) is 0 Å². The van der Waals surface area contributed by atoms with E-state index in [4.69, 9.17) is 9.47 Å². The maximum Gasteiger partial charge on any atom is 0.246 e. The van der Waals surface area contributed by atoms with Crippen LogP contribution in [0.15, 0.2) is 23.1 Å². The molecule has 1 unspecified atom stereocenters. The summed E-state index contributed by atoms with van der Waals surface area (Å²) in [5.74, 6) is -1.08. The van der Waals surface area contributed by atoms with E-state index in [0.717, 1.165) is 4.31 Å². The fourth-order valence-electron chi connectivity index (χ4n) is 2.35. The van der Waals surface area contributed by atoms with Gasteiger partial charge in [-0.05, 0) is 26.0 Å². The van der Waals surface area contributed by atoms with Crippen molar-refractivity contribution in [2.75, 3.05) is 26.9 Å². The lowest BCUT2D eigenvalue weighted by Crippen LogP contribution is -2.57. The van der Waals surface area contributed by atoms with Gasteiger partial charge < -0.3 is 14.6 Å². The van der Waals surface area contributed by atoms with E-state index < -0.39 is 39.0 Å². The number of hydrogen-bond acceptors (Lipinski definition) is 5. The lowest BCUT2D eigenvalue weighted by molar-refractivity contribution is -0.0972. The Balaban J connectivity index is 2.48. The van der Waals surface area contributed by atoms with Crippen molar-refractivity contribution < 1.29 is 27.4 Å². The first-order valence-corrected chi connectivity index (χ1v) is 8.26. The van der Waals surface area contributed by atoms with Gasteiger partial charge in [0.15, 0.2) is 11.6 Å². The fourth-order valence-corrected chi connectivity index (χ4v) is 4.18. The van der Waals surface area contributed by atoms with Gasteiger partial charge in [0.1, 0.15) is 4.90 Å². The standard InChI is InChI=1S/C14H20FNO5S/c1-14(2)9-16(10(7-17)8-21-14)22(18,19)12-6-4-5-11(20-3)13(12)15/h4-6,10,17H,7-9H2,1-3H3. The zero-order chi connectivity index (χ0) is 16.5. The Morgan fingerprint density at radius 1 is 1.50 bits per heavy atom. The van der Waals surface area contributed by atoms with Crippen molar-refractivity contribution in [2.24, 2.45) is 0 Å². The van der Waals surface area contributed by atoms with Crippen LogP contribution in [-0.2, 0) is 14.8 Å². The molecule has 1 heterocycles. The molecule has 1 N–H and O–H groups in total. The highest BCUT2D eigenvalue weighted by molar-refractivity contribution is 7.89. The normalized spacial score (nSPS) is 22.5. The van der Waals surface area contributed by atoms with Gasteiger partial charge in [-0.3, -0.25) is 0 Å². The third-order valence-corrected chi connectivity index (χ3v) is 5.47. The third-order valence-electron chi connectivity index (χ3n) is 3.56. The topological polar surface area (TPSA) is 76.1 Å². The van der Waals surface area contributed by atoms with E-state index in [1.807, 2.05) is 0 Å². The van der Waals surface area contributed by atoms with Crippen LogP contribution in [0.2, 0.25) is 0 Å². The van der Waals surface area contributed by atoms with Gasteiger partial charge in [0.2, 0.25) is 10.0 Å². The molecule has 0 bridgehead atoms. The fraction of sp³-hybridized carbons (Fsp3) is 0.571. The molecule has 1 aromatic carbocycles. The summed E-state index contributed by atoms with van der Waals surface area (Å²) in [7, 11) is -2.85. The van der Waals surface area contributed by atoms with Gasteiger partial charge in [-0.2, -0.15) is 4.31 Å². The van der Waals surface area contributed by atoms with Crippen molar-refractivity contribution in [3.8, 4) is 5.75 Å². The van der Waals surface area contributed by atoms with Crippen molar-refractivity contribution in [3.63, 3.8) is 0 Å². The van der Waals surface area contributed by atoms with Gasteiger partial charge in [0.25, 0.3) is 0 Å². The molecule has 1 aromatic rings. The number of aliphatic hydroxyl groups is 1. The molecule has 8 heteroatoms. The van der Waals surface area contributed by atoms with E-state index in [-0.39, 0.29) is 18.9 Å². The Morgan fingerprint density at radius 2 is 2.18 bits per heavy atom. The zero-order valence-corrected chi connectivity index (χ0v) is 13.6. The van der Waals surface area contributed by atoms with Gasteiger partial charge in [-0.1, -0.05) is 6.07 Å². The van der Waals surface area contributed by atoms with Crippen LogP contribution in [0.25, 0.3) is 0 Å². The first-order valence-electron chi connectivity index (χ1n) is 6.82. The monoisotopic (exact) mass is 333 g/mol. The van der Waals surface area contributed by atoms with Crippen molar-refractivity contribution in [1.82, 2.24) is 4.31 Å². The SMILES string of the molecule is COc1cccc(S(=O)(=O)N2CC(C)(C)OCC2CO)c1F. The van der Waals surface area contributed by atoms with E-state index in [2.05, 4.69) is 0 Å². The highest BCUT2D eigenvalue weighted by atomic mass is 32.2. The van der Waals surface area contributed by atoms with Crippen LogP contribution < -0.4 is 4.74 Å². The minimum Gasteiger partial charge on any atom is -0.494 e. The third kappa shape index (κ3) is 3.10. The summed E-state index contributed by atoms with van der Waals surface area (Å²) >= 11 is 0. The van der Waals surface area contributed by atoms with Gasteiger partial charge in [-0.15, -0.1) is 0 Å². The number of aliphatic hydroxyl groups excluding tert-OH is 1. The number of sulfonamides is 1. The molecule has 1 fully saturated rings. The van der Waals surface area contributed by atoms with Gasteiger partial charge in [-0.25, -0.2) is 12.8 Å². The molecule has 0 aromatic heterocycles. The van der Waals surface area contributed by atoms with Crippen LogP contribution in [-0.4, -0.2) is 56.3 Å². The van der Waals surface area contributed by atoms with Crippen molar-refractivity contribution in [3.05, 3.63) is 24.0 Å². The number of methoxy groups -OCH3 is 1. The molecule has 1 saturated heterocycles. The smallest absolute Gasteiger partial charge is 0.246 e. The number of hydrogen-bond donors (Lipinski definition) is 1. The number of rotatable bonds is 4. The van der Waals surface area contributed by atoms with E-state index >= 15 is 0 Å². The zero-order valence-electron chi connectivity index (χ0n) is 12.7. The van der Waals surface area contributed by atoms with E-state index in [9.17, 15) is 17.9 Å². The number of halogens is 1. The predicted molar refractivity (Wildman–Crippen MR) is 77.7 cm³/mol. The Hall–Kier alpha value is -1.22. The van der Waals surface area contributed by atoms with Crippen molar-refractivity contribution in [2.45, 2.75) is 30.4 Å². The highest BCUT2D eigenvalue weighted by Crippen LogP contribution is 2.31. The lowest BCUT2D eigenvalue weighted by Gasteiger charge is -2.42. The molecule has 0 saturated carbocycles. The lowest BCUT2D eigenvalue weighted by atomic mass is 10.1. The van der Waals surface area contributed by atoms with Crippen LogP contribution in [0.3, 0.4) is 0 Å². The molecule has 0 radical (unpaired) electrons. The summed E-state index contributed by atoms with van der Waals surface area (Å²) in [5, 5.41) is 9.41. The van der Waals surface area contributed by atoms with Gasteiger partial charge >= 0.3 is 0 Å². The number of benzene rings is 1. The molecule has 6 nitrogen and oxygen atoms in total. The summed E-state index contributed by atoms with van der Waals surface area (Å²) < 4.78 is 51.4. The maximum atomic E-state index is 14.3. The molecule has 1 aliphatic rings. The van der Waals surface area contributed by atoms with Crippen LogP contribution in [0.4, 0.5) is 4.39 Å². The van der Waals surface area contributed by atoms with E-state index in [1.165, 1.54) is 25.3 Å². The molecule has 2 rings (SSSR count). The second-order valence-electron chi connectivity index (χ2n) is 5.73.